The summed E-state index contributed by atoms with van der Waals surface area (Å²) in [5.41, 5.74) is 0.399. The van der Waals surface area contributed by atoms with Crippen LogP contribution in [0.4, 0.5) is 11.5 Å². The molecule has 1 amide bonds. The fourth-order valence-electron chi connectivity index (χ4n) is 2.97. The summed E-state index contributed by atoms with van der Waals surface area (Å²) in [4.78, 5) is 26.8. The van der Waals surface area contributed by atoms with Gasteiger partial charge in [0, 0.05) is 17.7 Å². The summed E-state index contributed by atoms with van der Waals surface area (Å²) in [7, 11) is 0. The summed E-state index contributed by atoms with van der Waals surface area (Å²) in [5, 5.41) is 20.9. The molecule has 2 heterocycles. The van der Waals surface area contributed by atoms with E-state index in [0.29, 0.717) is 37.6 Å². The molecule has 3 rings (SSSR count). The van der Waals surface area contributed by atoms with Crippen molar-refractivity contribution in [3.05, 3.63) is 64.3 Å². The van der Waals surface area contributed by atoms with Crippen molar-refractivity contribution >= 4 is 17.4 Å². The van der Waals surface area contributed by atoms with Gasteiger partial charge in [0.05, 0.1) is 24.4 Å². The zero-order valence-electron chi connectivity index (χ0n) is 13.6. The Balaban J connectivity index is 1.63. The third-order valence-electron chi connectivity index (χ3n) is 4.30. The minimum absolute atomic E-state index is 0.0164. The van der Waals surface area contributed by atoms with Gasteiger partial charge in [0.25, 0.3) is 5.69 Å². The number of pyridine rings is 1. The molecule has 2 aromatic rings. The second kappa shape index (κ2) is 7.16. The number of carbonyl (C=O) groups excluding carboxylic acids is 1. The van der Waals surface area contributed by atoms with Gasteiger partial charge in [-0.15, -0.1) is 0 Å². The summed E-state index contributed by atoms with van der Waals surface area (Å²) in [6.07, 6.45) is 1.57. The first-order valence-corrected chi connectivity index (χ1v) is 8.01. The van der Waals surface area contributed by atoms with E-state index in [-0.39, 0.29) is 18.0 Å². The molecule has 8 heteroatoms. The number of piperazine rings is 1. The van der Waals surface area contributed by atoms with Crippen molar-refractivity contribution in [1.29, 1.82) is 0 Å². The number of rotatable bonds is 4. The molecule has 8 nitrogen and oxygen atoms in total. The average molecular weight is 343 g/mol. The fourth-order valence-corrected chi connectivity index (χ4v) is 2.97. The Morgan fingerprint density at radius 3 is 2.48 bits per heavy atom. The molecule has 0 atom stereocenters. The highest BCUT2D eigenvalue weighted by Crippen LogP contribution is 2.19. The Bertz CT molecular complexity index is 788. The molecule has 0 unspecified atom stereocenters. The van der Waals surface area contributed by atoms with Crippen LogP contribution in [0.3, 0.4) is 0 Å². The molecule has 0 aliphatic carbocycles. The Kier molecular flexibility index (Phi) is 4.78. The average Bonchev–Trinajstić information content (AvgIpc) is 2.62. The third kappa shape index (κ3) is 3.68. The molecular weight excluding hydrogens is 324 g/mol. The molecule has 1 aliphatic heterocycles. The number of hydrogen-bond donors (Lipinski definition) is 1. The minimum atomic E-state index is -0.462. The van der Waals surface area contributed by atoms with Crippen molar-refractivity contribution in [2.24, 2.45) is 0 Å². The number of para-hydroxylation sites is 1. The van der Waals surface area contributed by atoms with E-state index in [0.717, 1.165) is 4.73 Å². The molecule has 25 heavy (non-hydrogen) atoms. The van der Waals surface area contributed by atoms with Crippen LogP contribution >= 0.6 is 0 Å². The summed E-state index contributed by atoms with van der Waals surface area (Å²) >= 11 is 0. The molecule has 130 valence electrons. The van der Waals surface area contributed by atoms with Crippen LogP contribution in [-0.4, -0.2) is 47.1 Å². The van der Waals surface area contributed by atoms with Crippen LogP contribution in [0.2, 0.25) is 0 Å². The SMILES string of the molecule is O=C(Cc1ccccc1[N+](=O)[O-])N1CCN(c2cccc[n+]2O)CC1. The van der Waals surface area contributed by atoms with Crippen LogP contribution in [0, 0.1) is 10.1 Å². The number of nitro groups is 1. The summed E-state index contributed by atoms with van der Waals surface area (Å²) in [5.74, 6) is 0.548. The van der Waals surface area contributed by atoms with Gasteiger partial charge in [0.15, 0.2) is 0 Å². The minimum Gasteiger partial charge on any atom is -0.350 e. The first-order valence-electron chi connectivity index (χ1n) is 8.01. The maximum absolute atomic E-state index is 12.5. The number of nitro benzene ring substituents is 1. The second-order valence-electron chi connectivity index (χ2n) is 5.83. The lowest BCUT2D eigenvalue weighted by Gasteiger charge is -2.31. The van der Waals surface area contributed by atoms with E-state index in [4.69, 9.17) is 0 Å². The second-order valence-corrected chi connectivity index (χ2v) is 5.83. The molecule has 1 fully saturated rings. The van der Waals surface area contributed by atoms with Crippen molar-refractivity contribution in [2.75, 3.05) is 31.1 Å². The summed E-state index contributed by atoms with van der Waals surface area (Å²) in [6.45, 7) is 2.20. The van der Waals surface area contributed by atoms with E-state index in [1.807, 2.05) is 17.0 Å². The maximum atomic E-state index is 12.5. The van der Waals surface area contributed by atoms with Gasteiger partial charge in [-0.05, 0) is 6.07 Å². The van der Waals surface area contributed by atoms with Gasteiger partial charge in [-0.2, -0.15) is 0 Å². The highest BCUT2D eigenvalue weighted by Gasteiger charge is 2.28. The molecular formula is C17H19N4O4+. The van der Waals surface area contributed by atoms with Gasteiger partial charge in [0.2, 0.25) is 5.91 Å². The predicted molar refractivity (Wildman–Crippen MR) is 89.4 cm³/mol. The number of benzene rings is 1. The smallest absolute Gasteiger partial charge is 0.316 e. The number of aromatic nitrogens is 1. The molecule has 1 aliphatic rings. The Labute approximate surface area is 144 Å². The van der Waals surface area contributed by atoms with E-state index in [9.17, 15) is 20.1 Å². The number of anilines is 1. The molecule has 0 bridgehead atoms. The van der Waals surface area contributed by atoms with Crippen LogP contribution in [0.15, 0.2) is 48.7 Å². The van der Waals surface area contributed by atoms with E-state index >= 15 is 0 Å². The molecule has 1 N–H and O–H groups in total. The number of nitrogens with zero attached hydrogens (tertiary/aromatic N) is 4. The van der Waals surface area contributed by atoms with Crippen LogP contribution in [0.25, 0.3) is 0 Å². The van der Waals surface area contributed by atoms with Crippen LogP contribution in [0.1, 0.15) is 5.56 Å². The topological polar surface area (TPSA) is 90.8 Å². The zero-order valence-corrected chi connectivity index (χ0v) is 13.6. The van der Waals surface area contributed by atoms with Gasteiger partial charge in [-0.25, -0.2) is 0 Å². The monoisotopic (exact) mass is 343 g/mol. The molecule has 1 aromatic heterocycles. The van der Waals surface area contributed by atoms with Gasteiger partial charge in [-0.1, -0.05) is 29.0 Å². The number of hydrogen-bond acceptors (Lipinski definition) is 5. The highest BCUT2D eigenvalue weighted by atomic mass is 16.6. The van der Waals surface area contributed by atoms with Crippen LogP contribution in [0.5, 0.6) is 0 Å². The van der Waals surface area contributed by atoms with E-state index in [1.54, 1.807) is 35.4 Å². The largest absolute Gasteiger partial charge is 0.350 e. The molecule has 0 spiro atoms. The third-order valence-corrected chi connectivity index (χ3v) is 4.30. The van der Waals surface area contributed by atoms with Gasteiger partial charge in [0.1, 0.15) is 19.3 Å². The van der Waals surface area contributed by atoms with Gasteiger partial charge < -0.3 is 10.1 Å². The fraction of sp³-hybridized carbons (Fsp3) is 0.294. The van der Waals surface area contributed by atoms with E-state index in [1.165, 1.54) is 6.07 Å². The summed E-state index contributed by atoms with van der Waals surface area (Å²) < 4.78 is 1.06. The lowest BCUT2D eigenvalue weighted by Crippen LogP contribution is -2.52. The normalized spacial score (nSPS) is 14.4. The molecule has 0 radical (unpaired) electrons. The lowest BCUT2D eigenvalue weighted by molar-refractivity contribution is -0.894. The van der Waals surface area contributed by atoms with Crippen LogP contribution in [-0.2, 0) is 11.2 Å². The molecule has 0 saturated carbocycles. The Morgan fingerprint density at radius 2 is 1.80 bits per heavy atom. The van der Waals surface area contributed by atoms with Crippen molar-refractivity contribution in [3.8, 4) is 0 Å². The Hall–Kier alpha value is -3.16. The van der Waals surface area contributed by atoms with Crippen molar-refractivity contribution in [3.63, 3.8) is 0 Å². The predicted octanol–water partition coefficient (Wildman–Crippen LogP) is 1.01. The van der Waals surface area contributed by atoms with E-state index in [2.05, 4.69) is 0 Å². The van der Waals surface area contributed by atoms with E-state index < -0.39 is 4.92 Å². The number of carbonyl (C=O) groups is 1. The first kappa shape index (κ1) is 16.7. The van der Waals surface area contributed by atoms with Crippen LogP contribution < -0.4 is 9.63 Å². The maximum Gasteiger partial charge on any atom is 0.316 e. The van der Waals surface area contributed by atoms with Gasteiger partial charge >= 0.3 is 5.82 Å². The standard InChI is InChI=1S/C17H19N4O4/c22-17(13-14-5-1-2-6-15(14)21(24)25)19-11-9-18(10-12-19)16-7-3-4-8-20(16)23/h1-8,23H,9-13H2/q+1. The molecule has 1 saturated heterocycles. The number of amides is 1. The highest BCUT2D eigenvalue weighted by molar-refractivity contribution is 5.80. The van der Waals surface area contributed by atoms with Crippen molar-refractivity contribution in [2.45, 2.75) is 6.42 Å². The van der Waals surface area contributed by atoms with Crippen molar-refractivity contribution in [1.82, 2.24) is 4.90 Å². The van der Waals surface area contributed by atoms with Gasteiger partial charge in [-0.3, -0.25) is 19.8 Å². The lowest BCUT2D eigenvalue weighted by atomic mass is 10.1. The molecule has 1 aromatic carbocycles. The Morgan fingerprint density at radius 1 is 1.12 bits per heavy atom. The summed E-state index contributed by atoms with van der Waals surface area (Å²) in [6, 6.07) is 11.7. The van der Waals surface area contributed by atoms with Crippen molar-refractivity contribution < 1.29 is 19.7 Å². The zero-order chi connectivity index (χ0) is 17.8. The quantitative estimate of drug-likeness (QED) is 0.387. The first-order chi connectivity index (χ1) is 12.1.